The summed E-state index contributed by atoms with van der Waals surface area (Å²) in [7, 11) is 0. The highest BCUT2D eigenvalue weighted by Gasteiger charge is 2.31. The zero-order valence-electron chi connectivity index (χ0n) is 13.1. The Bertz CT molecular complexity index is 927. The molecule has 4 nitrogen and oxygen atoms in total. The van der Waals surface area contributed by atoms with Crippen molar-refractivity contribution in [2.75, 3.05) is 11.1 Å². The van der Waals surface area contributed by atoms with Gasteiger partial charge in [0, 0.05) is 15.5 Å². The fraction of sp³-hybridized carbons (Fsp3) is 0.176. The number of anilines is 2. The summed E-state index contributed by atoms with van der Waals surface area (Å²) in [5.74, 6) is 0.537. The van der Waals surface area contributed by atoms with Gasteiger partial charge in [0.15, 0.2) is 0 Å². The molecule has 0 radical (unpaired) electrons. The monoisotopic (exact) mass is 410 g/mol. The summed E-state index contributed by atoms with van der Waals surface area (Å²) >= 11 is 3.39. The maximum absolute atomic E-state index is 13.0. The van der Waals surface area contributed by atoms with E-state index in [1.165, 1.54) is 12.4 Å². The zero-order chi connectivity index (χ0) is 18.2. The Kier molecular flexibility index (Phi) is 4.55. The summed E-state index contributed by atoms with van der Waals surface area (Å²) in [4.78, 5) is 8.39. The topological polar surface area (TPSA) is 63.8 Å². The van der Waals surface area contributed by atoms with Crippen LogP contribution in [0, 0.1) is 0 Å². The molecule has 0 aliphatic carbocycles. The fourth-order valence-corrected chi connectivity index (χ4v) is 2.88. The van der Waals surface area contributed by atoms with E-state index in [1.807, 2.05) is 18.2 Å². The third kappa shape index (κ3) is 3.84. The highest BCUT2D eigenvalue weighted by molar-refractivity contribution is 9.10. The van der Waals surface area contributed by atoms with E-state index < -0.39 is 17.8 Å². The van der Waals surface area contributed by atoms with Gasteiger partial charge in [-0.3, -0.25) is 0 Å². The molecule has 0 fully saturated rings. The number of rotatable bonds is 3. The quantitative estimate of drug-likeness (QED) is 0.584. The number of fused-ring (bicyclic) bond motifs is 1. The van der Waals surface area contributed by atoms with Gasteiger partial charge in [-0.25, -0.2) is 9.97 Å². The maximum Gasteiger partial charge on any atom is 0.416 e. The minimum Gasteiger partial charge on any atom is -0.399 e. The smallest absolute Gasteiger partial charge is 0.399 e. The lowest BCUT2D eigenvalue weighted by Gasteiger charge is -2.18. The first-order valence-corrected chi connectivity index (χ1v) is 8.18. The second-order valence-corrected chi connectivity index (χ2v) is 6.55. The Morgan fingerprint density at radius 3 is 2.60 bits per heavy atom. The first kappa shape index (κ1) is 17.5. The van der Waals surface area contributed by atoms with Crippen molar-refractivity contribution < 1.29 is 13.2 Å². The molecule has 1 heterocycles. The molecule has 25 heavy (non-hydrogen) atoms. The van der Waals surface area contributed by atoms with Crippen LogP contribution in [0.3, 0.4) is 0 Å². The Balaban J connectivity index is 1.97. The number of nitrogen functional groups attached to an aromatic ring is 1. The van der Waals surface area contributed by atoms with Crippen LogP contribution >= 0.6 is 15.9 Å². The van der Waals surface area contributed by atoms with E-state index >= 15 is 0 Å². The van der Waals surface area contributed by atoms with Gasteiger partial charge in [0.2, 0.25) is 0 Å². The SMILES string of the molecule is CC(Nc1ncnc2ccc(Br)cc12)c1cc(N)cc(C(F)(F)F)c1. The molecular formula is C17H14BrF3N4. The number of nitrogens with two attached hydrogens (primary N) is 1. The molecule has 1 unspecified atom stereocenters. The normalized spacial score (nSPS) is 13.0. The highest BCUT2D eigenvalue weighted by Crippen LogP contribution is 2.34. The maximum atomic E-state index is 13.0. The first-order valence-electron chi connectivity index (χ1n) is 7.38. The van der Waals surface area contributed by atoms with E-state index in [0.29, 0.717) is 11.4 Å². The number of aromatic nitrogens is 2. The average Bonchev–Trinajstić information content (AvgIpc) is 2.54. The van der Waals surface area contributed by atoms with E-state index in [1.54, 1.807) is 6.92 Å². The van der Waals surface area contributed by atoms with Gasteiger partial charge in [0.25, 0.3) is 0 Å². The summed E-state index contributed by atoms with van der Waals surface area (Å²) in [5, 5.41) is 3.91. The highest BCUT2D eigenvalue weighted by atomic mass is 79.9. The van der Waals surface area contributed by atoms with Crippen LogP contribution in [-0.2, 0) is 6.18 Å². The third-order valence-corrected chi connectivity index (χ3v) is 4.25. The number of hydrogen-bond acceptors (Lipinski definition) is 4. The molecule has 0 amide bonds. The van der Waals surface area contributed by atoms with Gasteiger partial charge >= 0.3 is 6.18 Å². The number of nitrogens with one attached hydrogen (secondary N) is 1. The number of hydrogen-bond donors (Lipinski definition) is 2. The molecule has 0 aliphatic heterocycles. The van der Waals surface area contributed by atoms with Gasteiger partial charge in [-0.05, 0) is 48.9 Å². The molecule has 1 aromatic heterocycles. The van der Waals surface area contributed by atoms with Gasteiger partial charge in [-0.1, -0.05) is 15.9 Å². The summed E-state index contributed by atoms with van der Waals surface area (Å²) in [6.45, 7) is 1.75. The zero-order valence-corrected chi connectivity index (χ0v) is 14.7. The Morgan fingerprint density at radius 2 is 1.88 bits per heavy atom. The molecule has 0 saturated heterocycles. The van der Waals surface area contributed by atoms with Crippen molar-refractivity contribution >= 4 is 38.3 Å². The molecule has 2 aromatic carbocycles. The van der Waals surface area contributed by atoms with E-state index in [9.17, 15) is 13.2 Å². The number of nitrogens with zero attached hydrogens (tertiary/aromatic N) is 2. The molecule has 0 bridgehead atoms. The van der Waals surface area contributed by atoms with Crippen LogP contribution in [-0.4, -0.2) is 9.97 Å². The number of benzene rings is 2. The summed E-state index contributed by atoms with van der Waals surface area (Å²) in [6, 6.07) is 8.65. The van der Waals surface area contributed by atoms with Gasteiger partial charge in [0.05, 0.1) is 17.1 Å². The van der Waals surface area contributed by atoms with Gasteiger partial charge in [-0.2, -0.15) is 13.2 Å². The molecule has 130 valence electrons. The lowest BCUT2D eigenvalue weighted by Crippen LogP contribution is -2.12. The van der Waals surface area contributed by atoms with Crippen LogP contribution in [0.15, 0.2) is 47.2 Å². The second-order valence-electron chi connectivity index (χ2n) is 5.64. The van der Waals surface area contributed by atoms with Gasteiger partial charge in [0.1, 0.15) is 12.1 Å². The van der Waals surface area contributed by atoms with Crippen LogP contribution in [0.5, 0.6) is 0 Å². The summed E-state index contributed by atoms with van der Waals surface area (Å²) in [6.07, 6.45) is -3.04. The molecular weight excluding hydrogens is 397 g/mol. The average molecular weight is 411 g/mol. The minimum atomic E-state index is -4.45. The lowest BCUT2D eigenvalue weighted by atomic mass is 10.0. The van der Waals surface area contributed by atoms with E-state index in [2.05, 4.69) is 31.2 Å². The van der Waals surface area contributed by atoms with Crippen LogP contribution in [0.4, 0.5) is 24.7 Å². The van der Waals surface area contributed by atoms with Crippen molar-refractivity contribution in [2.45, 2.75) is 19.1 Å². The fourth-order valence-electron chi connectivity index (χ4n) is 2.52. The summed E-state index contributed by atoms with van der Waals surface area (Å²) in [5.41, 5.74) is 6.09. The molecule has 3 rings (SSSR count). The molecule has 0 aliphatic rings. The van der Waals surface area contributed by atoms with Gasteiger partial charge in [-0.15, -0.1) is 0 Å². The largest absolute Gasteiger partial charge is 0.416 e. The molecule has 3 N–H and O–H groups in total. The van der Waals surface area contributed by atoms with Crippen LogP contribution < -0.4 is 11.1 Å². The van der Waals surface area contributed by atoms with Gasteiger partial charge < -0.3 is 11.1 Å². The third-order valence-electron chi connectivity index (χ3n) is 3.76. The van der Waals surface area contributed by atoms with E-state index in [-0.39, 0.29) is 5.69 Å². The Hall–Kier alpha value is -2.35. The molecule has 1 atom stereocenters. The van der Waals surface area contributed by atoms with Crippen LogP contribution in [0.1, 0.15) is 24.1 Å². The van der Waals surface area contributed by atoms with Crippen molar-refractivity contribution in [1.82, 2.24) is 9.97 Å². The van der Waals surface area contributed by atoms with Crippen molar-refractivity contribution in [1.29, 1.82) is 0 Å². The Morgan fingerprint density at radius 1 is 1.12 bits per heavy atom. The molecule has 0 saturated carbocycles. The Labute approximate surface area is 150 Å². The van der Waals surface area contributed by atoms with Crippen molar-refractivity contribution in [3.8, 4) is 0 Å². The second kappa shape index (κ2) is 6.51. The molecule has 8 heteroatoms. The molecule has 0 spiro atoms. The predicted octanol–water partition coefficient (Wildman–Crippen LogP) is 5.17. The summed E-state index contributed by atoms with van der Waals surface area (Å²) < 4.78 is 39.8. The van der Waals surface area contributed by atoms with Crippen molar-refractivity contribution in [3.05, 3.63) is 58.3 Å². The molecule has 3 aromatic rings. The van der Waals surface area contributed by atoms with Crippen molar-refractivity contribution in [2.24, 2.45) is 0 Å². The van der Waals surface area contributed by atoms with E-state index in [4.69, 9.17) is 5.73 Å². The number of halogens is 4. The predicted molar refractivity (Wildman–Crippen MR) is 95.1 cm³/mol. The van der Waals surface area contributed by atoms with Crippen LogP contribution in [0.25, 0.3) is 10.9 Å². The van der Waals surface area contributed by atoms with Crippen LogP contribution in [0.2, 0.25) is 0 Å². The first-order chi connectivity index (χ1) is 11.7. The number of alkyl halides is 3. The minimum absolute atomic E-state index is 0.0637. The standard InChI is InChI=1S/C17H14BrF3N4/c1-9(10-4-11(17(19,20)21)6-13(22)5-10)25-16-14-7-12(18)2-3-15(14)23-8-24-16/h2-9H,22H2,1H3,(H,23,24,25). The van der Waals surface area contributed by atoms with E-state index in [0.717, 1.165) is 27.5 Å². The lowest BCUT2D eigenvalue weighted by molar-refractivity contribution is -0.137. The van der Waals surface area contributed by atoms with Crippen molar-refractivity contribution in [3.63, 3.8) is 0 Å².